The molecule has 3 rings (SSSR count). The number of ether oxygens (including phenoxy) is 2. The molecule has 1 aliphatic heterocycles. The fraction of sp³-hybridized carbons (Fsp3) is 0.400. The Morgan fingerprint density at radius 2 is 1.43 bits per heavy atom. The average molecular weight is 312 g/mol. The Bertz CT molecular complexity index is 570. The average Bonchev–Trinajstić information content (AvgIpc) is 2.56. The van der Waals surface area contributed by atoms with Crippen LogP contribution < -0.4 is 0 Å². The van der Waals surface area contributed by atoms with Crippen LogP contribution in [0.2, 0.25) is 0 Å². The predicted molar refractivity (Wildman–Crippen MR) is 92.3 cm³/mol. The lowest BCUT2D eigenvalue weighted by atomic mass is 9.86. The van der Waals surface area contributed by atoms with Crippen molar-refractivity contribution < 1.29 is 14.0 Å². The monoisotopic (exact) mass is 312 g/mol. The van der Waals surface area contributed by atoms with Crippen LogP contribution in [0.3, 0.4) is 0 Å². The highest BCUT2D eigenvalue weighted by molar-refractivity contribution is 5.37. The van der Waals surface area contributed by atoms with Crippen molar-refractivity contribution in [1.82, 2.24) is 0 Å². The molecule has 0 radical (unpaired) electrons. The zero-order valence-electron chi connectivity index (χ0n) is 14.2. The van der Waals surface area contributed by atoms with Gasteiger partial charge in [-0.25, -0.2) is 0 Å². The molecule has 0 unspecified atom stereocenters. The molecule has 2 aromatic carbocycles. The summed E-state index contributed by atoms with van der Waals surface area (Å²) < 4.78 is 13.6. The van der Waals surface area contributed by atoms with E-state index in [4.69, 9.17) is 9.47 Å². The lowest BCUT2D eigenvalue weighted by molar-refractivity contribution is -0.874. The van der Waals surface area contributed by atoms with Crippen molar-refractivity contribution in [2.45, 2.75) is 11.7 Å². The summed E-state index contributed by atoms with van der Waals surface area (Å²) in [5, 5.41) is 0. The number of benzene rings is 2. The normalized spacial score (nSPS) is 21.1. The Kier molecular flexibility index (Phi) is 4.53. The molecule has 1 heterocycles. The fourth-order valence-electron chi connectivity index (χ4n) is 3.19. The second kappa shape index (κ2) is 6.44. The molecule has 122 valence electrons. The molecule has 1 atom stereocenters. The largest absolute Gasteiger partial charge is 0.366 e. The minimum atomic E-state index is -0.510. The van der Waals surface area contributed by atoms with Gasteiger partial charge in [0.2, 0.25) is 0 Å². The summed E-state index contributed by atoms with van der Waals surface area (Å²) in [6.45, 7) is 2.10. The lowest BCUT2D eigenvalue weighted by Crippen LogP contribution is -2.51. The van der Waals surface area contributed by atoms with Gasteiger partial charge in [-0.05, 0) is 11.1 Å². The highest BCUT2D eigenvalue weighted by Crippen LogP contribution is 2.37. The van der Waals surface area contributed by atoms with Crippen molar-refractivity contribution in [2.24, 2.45) is 0 Å². The SMILES string of the molecule is C[N+](C)(C)C[C@@H]1COC(c2ccccc2)(c2ccccc2)CO1. The molecule has 1 fully saturated rings. The van der Waals surface area contributed by atoms with Crippen LogP contribution in [0.4, 0.5) is 0 Å². The summed E-state index contributed by atoms with van der Waals surface area (Å²) in [6, 6.07) is 20.8. The zero-order chi connectivity index (χ0) is 16.3. The molecule has 0 amide bonds. The fourth-order valence-corrected chi connectivity index (χ4v) is 3.19. The van der Waals surface area contributed by atoms with E-state index < -0.39 is 5.60 Å². The molecule has 0 bridgehead atoms. The Morgan fingerprint density at radius 1 is 0.913 bits per heavy atom. The quantitative estimate of drug-likeness (QED) is 0.808. The minimum Gasteiger partial charge on any atom is -0.366 e. The summed E-state index contributed by atoms with van der Waals surface area (Å²) >= 11 is 0. The molecular formula is C20H26NO2+. The highest BCUT2D eigenvalue weighted by Gasteiger charge is 2.41. The maximum absolute atomic E-state index is 6.46. The van der Waals surface area contributed by atoms with Crippen molar-refractivity contribution in [3.8, 4) is 0 Å². The van der Waals surface area contributed by atoms with E-state index in [2.05, 4.69) is 69.7 Å². The standard InChI is InChI=1S/C20H26NO2/c1-21(2,3)14-19-15-23-20(16-22-19,17-10-6-4-7-11-17)18-12-8-5-9-13-18/h4-13,19H,14-16H2,1-3H3/q+1/t19-/m1/s1. The Hall–Kier alpha value is -1.68. The second-order valence-corrected chi connectivity index (χ2v) is 7.28. The van der Waals surface area contributed by atoms with Crippen LogP contribution in [-0.4, -0.2) is 51.5 Å². The summed E-state index contributed by atoms with van der Waals surface area (Å²) in [4.78, 5) is 0. The summed E-state index contributed by atoms with van der Waals surface area (Å²) in [5.41, 5.74) is 1.79. The number of rotatable bonds is 4. The van der Waals surface area contributed by atoms with Gasteiger partial charge in [0.05, 0.1) is 34.4 Å². The minimum absolute atomic E-state index is 0.135. The molecular weight excluding hydrogens is 286 g/mol. The first-order valence-corrected chi connectivity index (χ1v) is 8.17. The first kappa shape index (κ1) is 16.2. The Balaban J connectivity index is 1.88. The Morgan fingerprint density at radius 3 is 1.83 bits per heavy atom. The van der Waals surface area contributed by atoms with Crippen LogP contribution >= 0.6 is 0 Å². The van der Waals surface area contributed by atoms with Crippen LogP contribution in [-0.2, 0) is 15.1 Å². The van der Waals surface area contributed by atoms with Crippen LogP contribution in [0.25, 0.3) is 0 Å². The van der Waals surface area contributed by atoms with Crippen molar-refractivity contribution in [3.63, 3.8) is 0 Å². The van der Waals surface area contributed by atoms with Gasteiger partial charge in [0, 0.05) is 0 Å². The van der Waals surface area contributed by atoms with E-state index >= 15 is 0 Å². The number of quaternary nitrogens is 1. The van der Waals surface area contributed by atoms with Gasteiger partial charge in [0.25, 0.3) is 0 Å². The number of hydrogen-bond acceptors (Lipinski definition) is 2. The molecule has 0 aromatic heterocycles. The van der Waals surface area contributed by atoms with Crippen molar-refractivity contribution in [3.05, 3.63) is 71.8 Å². The number of hydrogen-bond donors (Lipinski definition) is 0. The van der Waals surface area contributed by atoms with Gasteiger partial charge in [-0.1, -0.05) is 60.7 Å². The van der Waals surface area contributed by atoms with Gasteiger partial charge in [0.1, 0.15) is 18.2 Å². The van der Waals surface area contributed by atoms with Crippen molar-refractivity contribution >= 4 is 0 Å². The van der Waals surface area contributed by atoms with E-state index in [1.807, 2.05) is 12.1 Å². The van der Waals surface area contributed by atoms with E-state index in [1.165, 1.54) is 0 Å². The molecule has 1 aliphatic rings. The third kappa shape index (κ3) is 3.63. The van der Waals surface area contributed by atoms with Crippen LogP contribution in [0.5, 0.6) is 0 Å². The maximum atomic E-state index is 6.46. The van der Waals surface area contributed by atoms with Gasteiger partial charge < -0.3 is 14.0 Å². The van der Waals surface area contributed by atoms with Gasteiger partial charge in [0.15, 0.2) is 0 Å². The lowest BCUT2D eigenvalue weighted by Gasteiger charge is -2.42. The van der Waals surface area contributed by atoms with E-state index in [9.17, 15) is 0 Å². The molecule has 0 aliphatic carbocycles. The summed E-state index contributed by atoms with van der Waals surface area (Å²) in [6.07, 6.45) is 0.135. The molecule has 2 aromatic rings. The molecule has 0 spiro atoms. The Labute approximate surface area is 139 Å². The van der Waals surface area contributed by atoms with Gasteiger partial charge >= 0.3 is 0 Å². The van der Waals surface area contributed by atoms with Gasteiger partial charge in [-0.3, -0.25) is 0 Å². The van der Waals surface area contributed by atoms with Crippen LogP contribution in [0, 0.1) is 0 Å². The highest BCUT2D eigenvalue weighted by atomic mass is 16.6. The van der Waals surface area contributed by atoms with E-state index in [0.29, 0.717) is 13.2 Å². The van der Waals surface area contributed by atoms with Crippen LogP contribution in [0.15, 0.2) is 60.7 Å². The third-order valence-electron chi connectivity index (χ3n) is 4.27. The van der Waals surface area contributed by atoms with Crippen LogP contribution in [0.1, 0.15) is 11.1 Å². The molecule has 0 N–H and O–H groups in total. The van der Waals surface area contributed by atoms with Crippen molar-refractivity contribution in [2.75, 3.05) is 40.9 Å². The molecule has 3 heteroatoms. The maximum Gasteiger partial charge on any atom is 0.141 e. The smallest absolute Gasteiger partial charge is 0.141 e. The van der Waals surface area contributed by atoms with Gasteiger partial charge in [-0.2, -0.15) is 0 Å². The van der Waals surface area contributed by atoms with Crippen molar-refractivity contribution in [1.29, 1.82) is 0 Å². The third-order valence-corrected chi connectivity index (χ3v) is 4.27. The zero-order valence-corrected chi connectivity index (χ0v) is 14.2. The summed E-state index contributed by atoms with van der Waals surface area (Å²) in [7, 11) is 6.54. The first-order chi connectivity index (χ1) is 11.0. The van der Waals surface area contributed by atoms with Gasteiger partial charge in [-0.15, -0.1) is 0 Å². The number of nitrogens with zero attached hydrogens (tertiary/aromatic N) is 1. The molecule has 23 heavy (non-hydrogen) atoms. The van der Waals surface area contributed by atoms with E-state index in [1.54, 1.807) is 0 Å². The molecule has 3 nitrogen and oxygen atoms in total. The second-order valence-electron chi connectivity index (χ2n) is 7.28. The van der Waals surface area contributed by atoms with E-state index in [-0.39, 0.29) is 6.10 Å². The predicted octanol–water partition coefficient (Wildman–Crippen LogP) is 3.05. The van der Waals surface area contributed by atoms with E-state index in [0.717, 1.165) is 22.2 Å². The summed E-state index contributed by atoms with van der Waals surface area (Å²) in [5.74, 6) is 0. The number of likely N-dealkylation sites (N-methyl/N-ethyl adjacent to an activating group) is 1. The molecule has 0 saturated carbocycles. The topological polar surface area (TPSA) is 18.5 Å². The first-order valence-electron chi connectivity index (χ1n) is 8.17. The molecule has 1 saturated heterocycles.